The first kappa shape index (κ1) is 13.7. The largest absolute Gasteiger partial charge is 0.394 e. The van der Waals surface area contributed by atoms with Gasteiger partial charge < -0.3 is 16.2 Å². The summed E-state index contributed by atoms with van der Waals surface area (Å²) in [5.41, 5.74) is 6.41. The third kappa shape index (κ3) is 3.84. The fraction of sp³-hybridized carbons (Fsp3) is 0.462. The van der Waals surface area contributed by atoms with Crippen LogP contribution in [0.3, 0.4) is 0 Å². The highest BCUT2D eigenvalue weighted by Crippen LogP contribution is 2.21. The van der Waals surface area contributed by atoms with E-state index in [2.05, 4.69) is 5.32 Å². The molecule has 1 rings (SSSR count). The maximum atomic E-state index is 11.5. The lowest BCUT2D eigenvalue weighted by Gasteiger charge is -2.26. The minimum atomic E-state index is -0.846. The highest BCUT2D eigenvalue weighted by atomic mass is 16.3. The lowest BCUT2D eigenvalue weighted by molar-refractivity contribution is -0.123. The Kier molecular flexibility index (Phi) is 4.66. The predicted molar refractivity (Wildman–Crippen MR) is 67.5 cm³/mol. The van der Waals surface area contributed by atoms with E-state index in [1.165, 1.54) is 0 Å². The average molecular weight is 236 g/mol. The standard InChI is InChI=1S/C13H20N2O2/c1-13(2,10-6-4-3-5-7-10)9-15-12(17)11(14)8-16/h3-7,11,16H,8-9,14H2,1-2H3,(H,15,17). The second kappa shape index (κ2) is 5.80. The molecule has 4 heteroatoms. The van der Waals surface area contributed by atoms with Crippen LogP contribution in [0.2, 0.25) is 0 Å². The molecule has 1 atom stereocenters. The van der Waals surface area contributed by atoms with Gasteiger partial charge in [-0.3, -0.25) is 4.79 Å². The Bertz CT molecular complexity index is 363. The maximum absolute atomic E-state index is 11.5. The van der Waals surface area contributed by atoms with E-state index in [1.807, 2.05) is 44.2 Å². The van der Waals surface area contributed by atoms with Gasteiger partial charge in [-0.05, 0) is 5.56 Å². The Labute approximate surface area is 102 Å². The van der Waals surface area contributed by atoms with E-state index < -0.39 is 6.04 Å². The molecule has 0 aliphatic rings. The Morgan fingerprint density at radius 1 is 1.41 bits per heavy atom. The van der Waals surface area contributed by atoms with E-state index in [9.17, 15) is 4.79 Å². The number of aliphatic hydroxyl groups is 1. The number of rotatable bonds is 5. The molecule has 0 aliphatic carbocycles. The van der Waals surface area contributed by atoms with E-state index >= 15 is 0 Å². The first-order valence-electron chi connectivity index (χ1n) is 5.67. The first-order chi connectivity index (χ1) is 7.97. The number of nitrogens with two attached hydrogens (primary N) is 1. The van der Waals surface area contributed by atoms with Gasteiger partial charge in [0.1, 0.15) is 6.04 Å². The molecule has 1 amide bonds. The number of hydrogen-bond donors (Lipinski definition) is 3. The van der Waals surface area contributed by atoms with Crippen molar-refractivity contribution >= 4 is 5.91 Å². The summed E-state index contributed by atoms with van der Waals surface area (Å²) < 4.78 is 0. The molecule has 1 unspecified atom stereocenters. The van der Waals surface area contributed by atoms with Crippen molar-refractivity contribution in [3.8, 4) is 0 Å². The van der Waals surface area contributed by atoms with Gasteiger partial charge in [-0.1, -0.05) is 44.2 Å². The summed E-state index contributed by atoms with van der Waals surface area (Å²) in [4.78, 5) is 11.5. The molecule has 0 saturated carbocycles. The van der Waals surface area contributed by atoms with Crippen LogP contribution in [0.15, 0.2) is 30.3 Å². The number of carbonyl (C=O) groups is 1. The van der Waals surface area contributed by atoms with E-state index in [4.69, 9.17) is 10.8 Å². The Morgan fingerprint density at radius 3 is 2.53 bits per heavy atom. The highest BCUT2D eigenvalue weighted by molar-refractivity contribution is 5.81. The van der Waals surface area contributed by atoms with Crippen LogP contribution in [-0.2, 0) is 10.2 Å². The van der Waals surface area contributed by atoms with E-state index in [0.717, 1.165) is 5.56 Å². The molecule has 0 bridgehead atoms. The van der Waals surface area contributed by atoms with E-state index in [0.29, 0.717) is 6.54 Å². The van der Waals surface area contributed by atoms with Gasteiger partial charge in [0.15, 0.2) is 0 Å². The average Bonchev–Trinajstić information content (AvgIpc) is 2.36. The van der Waals surface area contributed by atoms with Crippen molar-refractivity contribution in [2.24, 2.45) is 5.73 Å². The first-order valence-corrected chi connectivity index (χ1v) is 5.67. The zero-order chi connectivity index (χ0) is 12.9. The minimum absolute atomic E-state index is 0.161. The number of aliphatic hydroxyl groups excluding tert-OH is 1. The second-order valence-corrected chi connectivity index (χ2v) is 4.76. The highest BCUT2D eigenvalue weighted by Gasteiger charge is 2.22. The summed E-state index contributed by atoms with van der Waals surface area (Å²) in [5.74, 6) is -0.323. The lowest BCUT2D eigenvalue weighted by Crippen LogP contribution is -2.46. The summed E-state index contributed by atoms with van der Waals surface area (Å²) in [7, 11) is 0. The zero-order valence-electron chi connectivity index (χ0n) is 10.3. The lowest BCUT2D eigenvalue weighted by atomic mass is 9.84. The number of benzene rings is 1. The molecular weight excluding hydrogens is 216 g/mol. The smallest absolute Gasteiger partial charge is 0.239 e. The van der Waals surface area contributed by atoms with Crippen LogP contribution in [0.1, 0.15) is 19.4 Å². The molecule has 0 aromatic heterocycles. The third-order valence-electron chi connectivity index (χ3n) is 2.79. The Balaban J connectivity index is 2.59. The van der Waals surface area contributed by atoms with Gasteiger partial charge in [0, 0.05) is 12.0 Å². The number of carbonyl (C=O) groups excluding carboxylic acids is 1. The molecule has 1 aromatic rings. The van der Waals surface area contributed by atoms with Gasteiger partial charge in [0.25, 0.3) is 0 Å². The topological polar surface area (TPSA) is 75.4 Å². The Hall–Kier alpha value is -1.39. The van der Waals surface area contributed by atoms with Crippen molar-refractivity contribution in [2.75, 3.05) is 13.2 Å². The van der Waals surface area contributed by atoms with Gasteiger partial charge in [0.05, 0.1) is 6.61 Å². The summed E-state index contributed by atoms with van der Waals surface area (Å²) in [6.07, 6.45) is 0. The SMILES string of the molecule is CC(C)(CNC(=O)C(N)CO)c1ccccc1. The van der Waals surface area contributed by atoms with Crippen LogP contribution in [0.25, 0.3) is 0 Å². The van der Waals surface area contributed by atoms with Crippen LogP contribution in [0.4, 0.5) is 0 Å². The molecule has 0 aliphatic heterocycles. The molecule has 1 aromatic carbocycles. The van der Waals surface area contributed by atoms with Gasteiger partial charge >= 0.3 is 0 Å². The molecule has 94 valence electrons. The second-order valence-electron chi connectivity index (χ2n) is 4.76. The summed E-state index contributed by atoms with van der Waals surface area (Å²) in [6, 6.07) is 9.11. The molecule has 0 fully saturated rings. The number of amides is 1. The third-order valence-corrected chi connectivity index (χ3v) is 2.79. The molecule has 0 saturated heterocycles. The van der Waals surface area contributed by atoms with E-state index in [1.54, 1.807) is 0 Å². The predicted octanol–water partition coefficient (Wildman–Crippen LogP) is 0.400. The zero-order valence-corrected chi connectivity index (χ0v) is 10.3. The van der Waals surface area contributed by atoms with Crippen LogP contribution in [0, 0.1) is 0 Å². The van der Waals surface area contributed by atoms with Crippen molar-refractivity contribution in [3.05, 3.63) is 35.9 Å². The number of hydrogen-bond acceptors (Lipinski definition) is 3. The molecule has 4 nitrogen and oxygen atoms in total. The molecule has 0 spiro atoms. The van der Waals surface area contributed by atoms with Crippen molar-refractivity contribution < 1.29 is 9.90 Å². The molecular formula is C13H20N2O2. The van der Waals surface area contributed by atoms with E-state index in [-0.39, 0.29) is 17.9 Å². The molecule has 4 N–H and O–H groups in total. The monoisotopic (exact) mass is 236 g/mol. The minimum Gasteiger partial charge on any atom is -0.394 e. The quantitative estimate of drug-likeness (QED) is 0.692. The molecule has 0 radical (unpaired) electrons. The summed E-state index contributed by atoms with van der Waals surface area (Å²) in [6.45, 7) is 4.25. The summed E-state index contributed by atoms with van der Waals surface area (Å²) in [5, 5.41) is 11.5. The van der Waals surface area contributed by atoms with Crippen molar-refractivity contribution in [2.45, 2.75) is 25.3 Å². The van der Waals surface area contributed by atoms with Crippen LogP contribution in [-0.4, -0.2) is 30.2 Å². The fourth-order valence-corrected chi connectivity index (χ4v) is 1.51. The summed E-state index contributed by atoms with van der Waals surface area (Å²) >= 11 is 0. The molecule has 17 heavy (non-hydrogen) atoms. The Morgan fingerprint density at radius 2 is 2.00 bits per heavy atom. The normalized spacial score (nSPS) is 13.2. The van der Waals surface area contributed by atoms with Crippen LogP contribution < -0.4 is 11.1 Å². The van der Waals surface area contributed by atoms with Crippen LogP contribution in [0.5, 0.6) is 0 Å². The van der Waals surface area contributed by atoms with Gasteiger partial charge in [-0.25, -0.2) is 0 Å². The van der Waals surface area contributed by atoms with Gasteiger partial charge in [-0.15, -0.1) is 0 Å². The fourth-order valence-electron chi connectivity index (χ4n) is 1.51. The maximum Gasteiger partial charge on any atom is 0.239 e. The van der Waals surface area contributed by atoms with Crippen molar-refractivity contribution in [1.82, 2.24) is 5.32 Å². The van der Waals surface area contributed by atoms with Gasteiger partial charge in [0.2, 0.25) is 5.91 Å². The van der Waals surface area contributed by atoms with Crippen molar-refractivity contribution in [3.63, 3.8) is 0 Å². The van der Waals surface area contributed by atoms with Gasteiger partial charge in [-0.2, -0.15) is 0 Å². The van der Waals surface area contributed by atoms with Crippen molar-refractivity contribution in [1.29, 1.82) is 0 Å². The molecule has 0 heterocycles. The van der Waals surface area contributed by atoms with Crippen LogP contribution >= 0.6 is 0 Å². The number of nitrogens with one attached hydrogen (secondary N) is 1.